The summed E-state index contributed by atoms with van der Waals surface area (Å²) < 4.78 is 48.0. The molecule has 15 heteroatoms. The first-order valence-corrected chi connectivity index (χ1v) is 12.0. The molecule has 0 aliphatic rings. The highest BCUT2D eigenvalue weighted by atomic mass is 19.4. The van der Waals surface area contributed by atoms with Gasteiger partial charge in [-0.25, -0.2) is 9.59 Å². The van der Waals surface area contributed by atoms with Crippen LogP contribution in [0.3, 0.4) is 0 Å². The van der Waals surface area contributed by atoms with Crippen LogP contribution in [0, 0.1) is 5.92 Å². The van der Waals surface area contributed by atoms with Crippen molar-refractivity contribution in [1.82, 2.24) is 16.0 Å². The fraction of sp³-hybridized carbons (Fsp3) is 0.542. The van der Waals surface area contributed by atoms with Crippen LogP contribution in [-0.2, 0) is 25.7 Å². The highest BCUT2D eigenvalue weighted by Gasteiger charge is 2.62. The van der Waals surface area contributed by atoms with Crippen molar-refractivity contribution in [2.24, 2.45) is 22.4 Å². The van der Waals surface area contributed by atoms with Gasteiger partial charge < -0.3 is 31.9 Å². The van der Waals surface area contributed by atoms with Gasteiger partial charge in [-0.1, -0.05) is 44.2 Å². The van der Waals surface area contributed by atoms with Crippen molar-refractivity contribution in [2.75, 3.05) is 6.54 Å². The third-order valence-electron chi connectivity index (χ3n) is 5.41. The Bertz CT molecular complexity index is 1020. The number of carbonyl (C=O) groups excluding carboxylic acids is 3. The number of aliphatic imine (C=N–C) groups is 1. The van der Waals surface area contributed by atoms with E-state index in [4.69, 9.17) is 16.2 Å². The minimum atomic E-state index is -5.28. The Morgan fingerprint density at radius 1 is 1.05 bits per heavy atom. The van der Waals surface area contributed by atoms with E-state index in [1.165, 1.54) is 13.8 Å². The van der Waals surface area contributed by atoms with Crippen LogP contribution in [0.25, 0.3) is 0 Å². The van der Waals surface area contributed by atoms with Gasteiger partial charge in [-0.3, -0.25) is 19.9 Å². The van der Waals surface area contributed by atoms with Gasteiger partial charge in [0.05, 0.1) is 0 Å². The molecular formula is C24H35F3N6O6. The van der Waals surface area contributed by atoms with Crippen molar-refractivity contribution in [3.05, 3.63) is 35.9 Å². The summed E-state index contributed by atoms with van der Waals surface area (Å²) in [5, 5.41) is 15.1. The SMILES string of the molecule is CC(C)C[C@](NC(=O)OCc1ccccc1)(C(=O)N[C@@H](C)C(=O)N[C@@H](CCCN=C(N)N)C(=O)O)C(F)(F)F. The van der Waals surface area contributed by atoms with E-state index >= 15 is 0 Å². The molecule has 218 valence electrons. The van der Waals surface area contributed by atoms with Gasteiger partial charge in [0.25, 0.3) is 5.91 Å². The van der Waals surface area contributed by atoms with Crippen LogP contribution < -0.4 is 27.4 Å². The fourth-order valence-electron chi connectivity index (χ4n) is 3.50. The highest BCUT2D eigenvalue weighted by molar-refractivity contribution is 5.95. The minimum Gasteiger partial charge on any atom is -0.480 e. The maximum absolute atomic E-state index is 14.4. The highest BCUT2D eigenvalue weighted by Crippen LogP contribution is 2.36. The molecule has 1 rings (SSSR count). The first-order valence-electron chi connectivity index (χ1n) is 12.0. The summed E-state index contributed by atoms with van der Waals surface area (Å²) >= 11 is 0. The standard InChI is InChI=1S/C24H35F3N6O6/c1-14(2)12-23(24(25,26)27,33-22(38)39-13-16-8-5-4-6-9-16)20(37)31-15(3)18(34)32-17(19(35)36)10-7-11-30-21(28)29/h4-6,8-9,14-15,17H,7,10-13H2,1-3H3,(H,31,37)(H,32,34)(H,33,38)(H,35,36)(H4,28,29,30)/t15-,17-,23-/m0/s1. The number of carboxylic acids is 1. The van der Waals surface area contributed by atoms with Gasteiger partial charge in [-0.05, 0) is 37.7 Å². The van der Waals surface area contributed by atoms with Crippen LogP contribution in [0.2, 0.25) is 0 Å². The third kappa shape index (κ3) is 10.7. The molecule has 0 bridgehead atoms. The number of nitrogens with one attached hydrogen (secondary N) is 3. The number of benzene rings is 1. The van der Waals surface area contributed by atoms with E-state index in [1.807, 2.05) is 5.32 Å². The summed E-state index contributed by atoms with van der Waals surface area (Å²) in [7, 11) is 0. The van der Waals surface area contributed by atoms with E-state index in [1.54, 1.807) is 35.6 Å². The Balaban J connectivity index is 3.03. The molecule has 3 amide bonds. The zero-order valence-corrected chi connectivity index (χ0v) is 21.9. The number of aliphatic carboxylic acids is 1. The van der Waals surface area contributed by atoms with Crippen LogP contribution in [0.4, 0.5) is 18.0 Å². The predicted octanol–water partition coefficient (Wildman–Crippen LogP) is 1.39. The molecule has 0 aliphatic carbocycles. The smallest absolute Gasteiger partial charge is 0.420 e. The van der Waals surface area contributed by atoms with Crippen LogP contribution in [0.15, 0.2) is 35.3 Å². The second-order valence-electron chi connectivity index (χ2n) is 9.23. The van der Waals surface area contributed by atoms with Crippen molar-refractivity contribution in [3.8, 4) is 0 Å². The fourth-order valence-corrected chi connectivity index (χ4v) is 3.50. The van der Waals surface area contributed by atoms with Gasteiger partial charge >= 0.3 is 18.2 Å². The van der Waals surface area contributed by atoms with Crippen molar-refractivity contribution in [3.63, 3.8) is 0 Å². The lowest BCUT2D eigenvalue weighted by Gasteiger charge is -2.36. The molecule has 1 aromatic carbocycles. The maximum Gasteiger partial charge on any atom is 0.420 e. The largest absolute Gasteiger partial charge is 0.480 e. The zero-order valence-electron chi connectivity index (χ0n) is 21.9. The van der Waals surface area contributed by atoms with Gasteiger partial charge in [0, 0.05) is 6.54 Å². The van der Waals surface area contributed by atoms with Crippen LogP contribution in [-0.4, -0.2) is 65.3 Å². The lowest BCUT2D eigenvalue weighted by molar-refractivity contribution is -0.202. The van der Waals surface area contributed by atoms with Gasteiger partial charge in [-0.2, -0.15) is 13.2 Å². The van der Waals surface area contributed by atoms with Gasteiger partial charge in [0.2, 0.25) is 11.4 Å². The molecule has 39 heavy (non-hydrogen) atoms. The van der Waals surface area contributed by atoms with E-state index < -0.39 is 60.0 Å². The first kappa shape index (κ1) is 33.0. The molecule has 0 aromatic heterocycles. The second kappa shape index (κ2) is 14.8. The van der Waals surface area contributed by atoms with Crippen LogP contribution in [0.1, 0.15) is 45.6 Å². The number of carbonyl (C=O) groups is 4. The maximum atomic E-state index is 14.4. The molecule has 8 N–H and O–H groups in total. The summed E-state index contributed by atoms with van der Waals surface area (Å²) in [4.78, 5) is 53.2. The van der Waals surface area contributed by atoms with E-state index in [0.717, 1.165) is 6.92 Å². The topological polar surface area (TPSA) is 198 Å². The Morgan fingerprint density at radius 3 is 2.18 bits per heavy atom. The molecule has 1 aromatic rings. The number of hydrogen-bond donors (Lipinski definition) is 6. The van der Waals surface area contributed by atoms with E-state index in [-0.39, 0.29) is 32.0 Å². The molecule has 0 unspecified atom stereocenters. The zero-order chi connectivity index (χ0) is 29.8. The molecular weight excluding hydrogens is 525 g/mol. The number of hydrogen-bond acceptors (Lipinski definition) is 6. The van der Waals surface area contributed by atoms with Crippen molar-refractivity contribution >= 4 is 29.8 Å². The number of carboxylic acid groups (broad SMARTS) is 1. The molecule has 0 radical (unpaired) electrons. The van der Waals surface area contributed by atoms with Crippen molar-refractivity contribution < 1.29 is 42.2 Å². The summed E-state index contributed by atoms with van der Waals surface area (Å²) in [5.41, 5.74) is 7.46. The molecule has 0 heterocycles. The first-order chi connectivity index (χ1) is 18.1. The van der Waals surface area contributed by atoms with Gasteiger partial charge in [-0.15, -0.1) is 0 Å². The summed E-state index contributed by atoms with van der Waals surface area (Å²) in [6.45, 7) is 3.66. The number of alkyl halides is 3. The van der Waals surface area contributed by atoms with Gasteiger partial charge in [0.1, 0.15) is 18.7 Å². The number of rotatable bonds is 14. The average Bonchev–Trinajstić information content (AvgIpc) is 2.83. The van der Waals surface area contributed by atoms with E-state index in [0.29, 0.717) is 5.56 Å². The Hall–Kier alpha value is -4.04. The third-order valence-corrected chi connectivity index (χ3v) is 5.41. The van der Waals surface area contributed by atoms with E-state index in [9.17, 15) is 37.5 Å². The number of alkyl carbamates (subject to hydrolysis) is 1. The number of nitrogens with zero attached hydrogens (tertiary/aromatic N) is 1. The van der Waals surface area contributed by atoms with Crippen molar-refractivity contribution in [1.29, 1.82) is 0 Å². The predicted molar refractivity (Wildman–Crippen MR) is 135 cm³/mol. The minimum absolute atomic E-state index is 0.0869. The molecule has 12 nitrogen and oxygen atoms in total. The number of nitrogens with two attached hydrogens (primary N) is 2. The number of guanidine groups is 1. The average molecular weight is 561 g/mol. The number of halogens is 3. The molecule has 0 spiro atoms. The lowest BCUT2D eigenvalue weighted by Crippen LogP contribution is -2.69. The lowest BCUT2D eigenvalue weighted by atomic mass is 9.86. The molecule has 3 atom stereocenters. The molecule has 0 aliphatic heterocycles. The second-order valence-corrected chi connectivity index (χ2v) is 9.23. The number of amides is 3. The monoisotopic (exact) mass is 560 g/mol. The van der Waals surface area contributed by atoms with Crippen molar-refractivity contribution in [2.45, 2.75) is 70.4 Å². The molecule has 0 saturated carbocycles. The summed E-state index contributed by atoms with van der Waals surface area (Å²) in [6.07, 6.45) is -7.54. The molecule has 0 fully saturated rings. The number of ether oxygens (including phenoxy) is 1. The Kier molecular flexibility index (Phi) is 12.5. The summed E-state index contributed by atoms with van der Waals surface area (Å²) in [6, 6.07) is 5.18. The van der Waals surface area contributed by atoms with E-state index in [2.05, 4.69) is 10.3 Å². The molecule has 0 saturated heterocycles. The Labute approximate surface area is 223 Å². The summed E-state index contributed by atoms with van der Waals surface area (Å²) in [5.74, 6) is -5.08. The Morgan fingerprint density at radius 2 is 1.67 bits per heavy atom. The van der Waals surface area contributed by atoms with Gasteiger partial charge in [0.15, 0.2) is 5.96 Å². The van der Waals surface area contributed by atoms with Crippen LogP contribution in [0.5, 0.6) is 0 Å². The quantitative estimate of drug-likeness (QED) is 0.111. The normalized spacial score (nSPS) is 14.3. The van der Waals surface area contributed by atoms with Crippen LogP contribution >= 0.6 is 0 Å².